The molecule has 0 aliphatic heterocycles. The van der Waals surface area contributed by atoms with Gasteiger partial charge in [0, 0.05) is 13.0 Å². The van der Waals surface area contributed by atoms with E-state index >= 15 is 0 Å². The topological polar surface area (TPSA) is 49.8 Å². The number of carbonyl (C=O) groups is 1. The molecule has 0 heterocycles. The van der Waals surface area contributed by atoms with Gasteiger partial charge < -0.3 is 9.84 Å². The highest BCUT2D eigenvalue weighted by atomic mass is 16.6. The van der Waals surface area contributed by atoms with Crippen LogP contribution in [0.1, 0.15) is 117 Å². The van der Waals surface area contributed by atoms with Crippen molar-refractivity contribution in [3.8, 4) is 0 Å². The third-order valence-corrected chi connectivity index (χ3v) is 5.36. The van der Waals surface area contributed by atoms with Gasteiger partial charge in [-0.25, -0.2) is 0 Å². The lowest BCUT2D eigenvalue weighted by Gasteiger charge is -2.23. The summed E-state index contributed by atoms with van der Waals surface area (Å²) in [4.78, 5) is 13.6. The standard InChI is InChI=1S/C23H47NO3/c1-4-5-6-7-8-9-10-11-12-13-14-15-16-17-18-19-23(26)27-22(2)24(3)20-21-25/h22,25H,4-21H2,1-3H3. The van der Waals surface area contributed by atoms with Crippen molar-refractivity contribution in [2.45, 2.75) is 123 Å². The highest BCUT2D eigenvalue weighted by molar-refractivity contribution is 5.69. The second-order valence-corrected chi connectivity index (χ2v) is 7.99. The Kier molecular flexibility index (Phi) is 19.7. The molecule has 0 aliphatic carbocycles. The van der Waals surface area contributed by atoms with E-state index in [1.54, 1.807) is 0 Å². The molecule has 162 valence electrons. The molecule has 0 aliphatic rings. The van der Waals surface area contributed by atoms with Crippen LogP contribution in [-0.4, -0.2) is 42.4 Å². The summed E-state index contributed by atoms with van der Waals surface area (Å²) in [6.07, 6.45) is 20.2. The van der Waals surface area contributed by atoms with Gasteiger partial charge in [-0.2, -0.15) is 0 Å². The predicted octanol–water partition coefficient (Wildman–Crippen LogP) is 6.06. The van der Waals surface area contributed by atoms with E-state index in [2.05, 4.69) is 6.92 Å². The third kappa shape index (κ3) is 18.5. The number of nitrogens with zero attached hydrogens (tertiary/aromatic N) is 1. The molecule has 1 unspecified atom stereocenters. The number of aliphatic hydroxyl groups is 1. The van der Waals surface area contributed by atoms with Crippen molar-refractivity contribution in [1.82, 2.24) is 4.90 Å². The summed E-state index contributed by atoms with van der Waals surface area (Å²) in [6, 6.07) is 0. The van der Waals surface area contributed by atoms with Crippen molar-refractivity contribution in [2.75, 3.05) is 20.2 Å². The van der Waals surface area contributed by atoms with E-state index in [4.69, 9.17) is 9.84 Å². The lowest BCUT2D eigenvalue weighted by molar-refractivity contribution is -0.156. The number of carbonyl (C=O) groups excluding carboxylic acids is 1. The molecule has 4 heteroatoms. The smallest absolute Gasteiger partial charge is 0.307 e. The van der Waals surface area contributed by atoms with E-state index in [0.29, 0.717) is 13.0 Å². The van der Waals surface area contributed by atoms with E-state index in [9.17, 15) is 4.79 Å². The van der Waals surface area contributed by atoms with E-state index in [-0.39, 0.29) is 18.8 Å². The predicted molar refractivity (Wildman–Crippen MR) is 115 cm³/mol. The fraction of sp³-hybridized carbons (Fsp3) is 0.957. The second kappa shape index (κ2) is 20.1. The van der Waals surface area contributed by atoms with Gasteiger partial charge >= 0.3 is 5.97 Å². The van der Waals surface area contributed by atoms with E-state index < -0.39 is 0 Å². The molecule has 1 N–H and O–H groups in total. The molecule has 0 amide bonds. The molecule has 0 aromatic heterocycles. The number of likely N-dealkylation sites (N-methyl/N-ethyl adjacent to an activating group) is 1. The zero-order valence-corrected chi connectivity index (χ0v) is 18.5. The summed E-state index contributed by atoms with van der Waals surface area (Å²) in [5.41, 5.74) is 0. The molecule has 0 fully saturated rings. The maximum absolute atomic E-state index is 11.8. The minimum Gasteiger partial charge on any atom is -0.447 e. The molecule has 0 saturated heterocycles. The van der Waals surface area contributed by atoms with E-state index in [1.165, 1.54) is 83.5 Å². The number of esters is 1. The fourth-order valence-corrected chi connectivity index (χ4v) is 3.32. The van der Waals surface area contributed by atoms with Crippen LogP contribution in [0.25, 0.3) is 0 Å². The maximum atomic E-state index is 11.8. The van der Waals surface area contributed by atoms with Crippen molar-refractivity contribution in [2.24, 2.45) is 0 Å². The molecule has 27 heavy (non-hydrogen) atoms. The first kappa shape index (κ1) is 26.4. The average molecular weight is 386 g/mol. The largest absolute Gasteiger partial charge is 0.447 e. The molecular weight excluding hydrogens is 338 g/mol. The van der Waals surface area contributed by atoms with Crippen LogP contribution < -0.4 is 0 Å². The molecule has 0 spiro atoms. The Labute approximate surface area is 169 Å². The van der Waals surface area contributed by atoms with Crippen LogP contribution in [0.3, 0.4) is 0 Å². The lowest BCUT2D eigenvalue weighted by atomic mass is 10.0. The van der Waals surface area contributed by atoms with Gasteiger partial charge in [0.15, 0.2) is 6.23 Å². The number of aliphatic hydroxyl groups excluding tert-OH is 1. The molecular formula is C23H47NO3. The van der Waals surface area contributed by atoms with Gasteiger partial charge in [0.1, 0.15) is 0 Å². The first-order chi connectivity index (χ1) is 13.1. The molecule has 0 bridgehead atoms. The summed E-state index contributed by atoms with van der Waals surface area (Å²) in [6.45, 7) is 4.72. The van der Waals surface area contributed by atoms with Gasteiger partial charge in [0.2, 0.25) is 0 Å². The first-order valence-corrected chi connectivity index (χ1v) is 11.6. The Morgan fingerprint density at radius 1 is 0.815 bits per heavy atom. The summed E-state index contributed by atoms with van der Waals surface area (Å²) in [7, 11) is 1.85. The van der Waals surface area contributed by atoms with Crippen molar-refractivity contribution in [3.05, 3.63) is 0 Å². The van der Waals surface area contributed by atoms with Gasteiger partial charge in [-0.15, -0.1) is 0 Å². The average Bonchev–Trinajstić information content (AvgIpc) is 2.65. The van der Waals surface area contributed by atoms with E-state index in [0.717, 1.165) is 12.8 Å². The quantitative estimate of drug-likeness (QED) is 0.157. The van der Waals surface area contributed by atoms with Crippen LogP contribution in [0.2, 0.25) is 0 Å². The highest BCUT2D eigenvalue weighted by Gasteiger charge is 2.13. The number of hydrogen-bond donors (Lipinski definition) is 1. The molecule has 0 saturated carbocycles. The summed E-state index contributed by atoms with van der Waals surface area (Å²) >= 11 is 0. The summed E-state index contributed by atoms with van der Waals surface area (Å²) < 4.78 is 5.36. The Balaban J connectivity index is 3.27. The monoisotopic (exact) mass is 385 g/mol. The normalized spacial score (nSPS) is 12.5. The minimum atomic E-state index is -0.263. The Morgan fingerprint density at radius 3 is 1.63 bits per heavy atom. The highest BCUT2D eigenvalue weighted by Crippen LogP contribution is 2.14. The Hall–Kier alpha value is -0.610. The molecule has 0 aromatic rings. The van der Waals surface area contributed by atoms with Crippen molar-refractivity contribution in [3.63, 3.8) is 0 Å². The van der Waals surface area contributed by atoms with E-state index in [1.807, 2.05) is 18.9 Å². The molecule has 0 aromatic carbocycles. The van der Waals surface area contributed by atoms with Gasteiger partial charge in [-0.05, 0) is 20.4 Å². The zero-order chi connectivity index (χ0) is 20.2. The van der Waals surface area contributed by atoms with Gasteiger partial charge in [0.05, 0.1) is 6.61 Å². The SMILES string of the molecule is CCCCCCCCCCCCCCCCCC(=O)OC(C)N(C)CCO. The Bertz CT molecular complexity index is 323. The van der Waals surface area contributed by atoms with Crippen LogP contribution >= 0.6 is 0 Å². The molecule has 0 radical (unpaired) electrons. The summed E-state index contributed by atoms with van der Waals surface area (Å²) in [5, 5.41) is 8.89. The Morgan fingerprint density at radius 2 is 1.22 bits per heavy atom. The zero-order valence-electron chi connectivity index (χ0n) is 18.5. The summed E-state index contributed by atoms with van der Waals surface area (Å²) in [5.74, 6) is -0.123. The number of rotatable bonds is 20. The van der Waals surface area contributed by atoms with Crippen molar-refractivity contribution < 1.29 is 14.6 Å². The van der Waals surface area contributed by atoms with Crippen LogP contribution in [0.15, 0.2) is 0 Å². The minimum absolute atomic E-state index is 0.0808. The fourth-order valence-electron chi connectivity index (χ4n) is 3.32. The van der Waals surface area contributed by atoms with Crippen LogP contribution in [-0.2, 0) is 9.53 Å². The van der Waals surface area contributed by atoms with Gasteiger partial charge in [-0.1, -0.05) is 96.8 Å². The maximum Gasteiger partial charge on any atom is 0.307 e. The number of ether oxygens (including phenoxy) is 1. The van der Waals surface area contributed by atoms with Crippen molar-refractivity contribution >= 4 is 5.97 Å². The van der Waals surface area contributed by atoms with Gasteiger partial charge in [0.25, 0.3) is 0 Å². The molecule has 1 atom stereocenters. The number of hydrogen-bond acceptors (Lipinski definition) is 4. The number of unbranched alkanes of at least 4 members (excludes halogenated alkanes) is 14. The van der Waals surface area contributed by atoms with Crippen LogP contribution in [0, 0.1) is 0 Å². The molecule has 0 rings (SSSR count). The third-order valence-electron chi connectivity index (χ3n) is 5.36. The first-order valence-electron chi connectivity index (χ1n) is 11.6. The van der Waals surface area contributed by atoms with Gasteiger partial charge in [-0.3, -0.25) is 9.69 Å². The molecule has 4 nitrogen and oxygen atoms in total. The second-order valence-electron chi connectivity index (χ2n) is 7.99. The lowest BCUT2D eigenvalue weighted by Crippen LogP contribution is -2.35. The van der Waals surface area contributed by atoms with Crippen molar-refractivity contribution in [1.29, 1.82) is 0 Å². The van der Waals surface area contributed by atoms with Crippen LogP contribution in [0.5, 0.6) is 0 Å². The van der Waals surface area contributed by atoms with Crippen LogP contribution in [0.4, 0.5) is 0 Å².